The van der Waals surface area contributed by atoms with Gasteiger partial charge >= 0.3 is 21.7 Å². The van der Waals surface area contributed by atoms with Crippen molar-refractivity contribution in [2.45, 2.75) is 83.0 Å². The third-order valence-corrected chi connectivity index (χ3v) is 5.43. The highest BCUT2D eigenvalue weighted by molar-refractivity contribution is 7.87. The maximum atomic E-state index is 12.7. The van der Waals surface area contributed by atoms with E-state index < -0.39 is 33.4 Å². The van der Waals surface area contributed by atoms with E-state index in [1.165, 1.54) is 4.90 Å². The maximum absolute atomic E-state index is 12.7. The van der Waals surface area contributed by atoms with Crippen LogP contribution in [0.1, 0.15) is 59.8 Å². The zero-order valence-electron chi connectivity index (χ0n) is 15.2. The number of ether oxygens (including phenoxy) is 1. The summed E-state index contributed by atoms with van der Waals surface area (Å²) in [4.78, 5) is 14.0. The molecular formula is C16H24F3NO5S. The number of amides is 1. The number of hydrogen-bond acceptors (Lipinski definition) is 5. The Morgan fingerprint density at radius 3 is 2.15 bits per heavy atom. The normalized spacial score (nSPS) is 24.5. The predicted molar refractivity (Wildman–Crippen MR) is 87.5 cm³/mol. The van der Waals surface area contributed by atoms with Gasteiger partial charge in [-0.1, -0.05) is 6.92 Å². The summed E-state index contributed by atoms with van der Waals surface area (Å²) in [5.74, 6) is -0.203. The quantitative estimate of drug-likeness (QED) is 0.528. The maximum Gasteiger partial charge on any atom is 0.534 e. The first-order valence-corrected chi connectivity index (χ1v) is 9.89. The van der Waals surface area contributed by atoms with E-state index in [0.29, 0.717) is 24.8 Å². The largest absolute Gasteiger partial charge is 0.534 e. The first kappa shape index (κ1) is 20.9. The van der Waals surface area contributed by atoms with Crippen LogP contribution < -0.4 is 0 Å². The molecule has 0 N–H and O–H groups in total. The smallest absolute Gasteiger partial charge is 0.444 e. The van der Waals surface area contributed by atoms with E-state index in [1.54, 1.807) is 27.7 Å². The minimum absolute atomic E-state index is 0.0752. The lowest BCUT2D eigenvalue weighted by atomic mass is 9.97. The molecule has 2 rings (SSSR count). The molecule has 1 fully saturated rings. The molecule has 0 radical (unpaired) electrons. The molecule has 0 saturated carbocycles. The summed E-state index contributed by atoms with van der Waals surface area (Å²) in [6.45, 7) is 6.90. The number of nitrogens with zero attached hydrogens (tertiary/aromatic N) is 1. The molecule has 2 aliphatic heterocycles. The number of rotatable bonds is 3. The molecule has 2 unspecified atom stereocenters. The van der Waals surface area contributed by atoms with Gasteiger partial charge in [0.15, 0.2) is 0 Å². The monoisotopic (exact) mass is 399 g/mol. The van der Waals surface area contributed by atoms with E-state index in [4.69, 9.17) is 4.74 Å². The van der Waals surface area contributed by atoms with Crippen LogP contribution in [0.5, 0.6) is 0 Å². The van der Waals surface area contributed by atoms with Gasteiger partial charge < -0.3 is 13.8 Å². The number of halogens is 3. The number of fused-ring (bicyclic) bond motifs is 2. The van der Waals surface area contributed by atoms with Crippen molar-refractivity contribution in [2.75, 3.05) is 0 Å². The van der Waals surface area contributed by atoms with Crippen molar-refractivity contribution >= 4 is 16.2 Å². The molecule has 0 aliphatic carbocycles. The van der Waals surface area contributed by atoms with Crippen LogP contribution in [0, 0.1) is 0 Å². The van der Waals surface area contributed by atoms with Gasteiger partial charge in [0.1, 0.15) is 11.4 Å². The van der Waals surface area contributed by atoms with Gasteiger partial charge in [-0.15, -0.1) is 0 Å². The first-order valence-electron chi connectivity index (χ1n) is 8.48. The summed E-state index contributed by atoms with van der Waals surface area (Å²) in [7, 11) is -5.73. The average Bonchev–Trinajstić information content (AvgIpc) is 2.75. The Balaban J connectivity index is 2.28. The number of carbonyl (C=O) groups is 1. The molecule has 2 heterocycles. The molecule has 10 heteroatoms. The zero-order chi connectivity index (χ0) is 19.9. The van der Waals surface area contributed by atoms with Crippen molar-refractivity contribution in [3.05, 3.63) is 11.3 Å². The van der Waals surface area contributed by atoms with Crippen molar-refractivity contribution in [2.24, 2.45) is 0 Å². The zero-order valence-corrected chi connectivity index (χ0v) is 16.0. The van der Waals surface area contributed by atoms with Crippen LogP contribution in [0.2, 0.25) is 0 Å². The standard InChI is InChI=1S/C16H24F3NO5S/c1-5-10-8-11-6-7-12(20(11)14(21)24-15(2,3)4)9-13(10)25-26(22,23)16(17,18)19/h11-12H,5-9H2,1-4H3. The summed E-state index contributed by atoms with van der Waals surface area (Å²) in [6.07, 6.45) is 1.24. The third-order valence-electron chi connectivity index (χ3n) is 4.44. The number of hydrogen-bond donors (Lipinski definition) is 0. The van der Waals surface area contributed by atoms with Crippen molar-refractivity contribution in [1.82, 2.24) is 4.90 Å². The highest BCUT2D eigenvalue weighted by Crippen LogP contribution is 2.40. The Labute approximate surface area is 151 Å². The van der Waals surface area contributed by atoms with Gasteiger partial charge in [0, 0.05) is 18.5 Å². The van der Waals surface area contributed by atoms with Gasteiger partial charge in [-0.3, -0.25) is 0 Å². The third kappa shape index (κ3) is 4.44. The minimum Gasteiger partial charge on any atom is -0.444 e. The molecular weight excluding hydrogens is 375 g/mol. The lowest BCUT2D eigenvalue weighted by molar-refractivity contribution is -0.0525. The summed E-state index contributed by atoms with van der Waals surface area (Å²) in [6, 6.07) is -0.683. The molecule has 0 spiro atoms. The van der Waals surface area contributed by atoms with Crippen molar-refractivity contribution in [1.29, 1.82) is 0 Å². The van der Waals surface area contributed by atoms with Gasteiger partial charge in [0.2, 0.25) is 0 Å². The Morgan fingerprint density at radius 1 is 1.15 bits per heavy atom. The van der Waals surface area contributed by atoms with Crippen molar-refractivity contribution < 1.29 is 35.3 Å². The highest BCUT2D eigenvalue weighted by atomic mass is 32.2. The van der Waals surface area contributed by atoms with Crippen LogP contribution in [-0.4, -0.2) is 42.6 Å². The van der Waals surface area contributed by atoms with E-state index in [9.17, 15) is 26.4 Å². The molecule has 0 aromatic carbocycles. The lowest BCUT2D eigenvalue weighted by Crippen LogP contribution is -2.43. The molecule has 26 heavy (non-hydrogen) atoms. The van der Waals surface area contributed by atoms with E-state index >= 15 is 0 Å². The fraction of sp³-hybridized carbons (Fsp3) is 0.812. The lowest BCUT2D eigenvalue weighted by Gasteiger charge is -2.31. The van der Waals surface area contributed by atoms with Gasteiger partial charge in [-0.2, -0.15) is 21.6 Å². The molecule has 0 aromatic heterocycles. The Kier molecular flexibility index (Phi) is 5.56. The van der Waals surface area contributed by atoms with Gasteiger partial charge in [-0.25, -0.2) is 4.79 Å². The van der Waals surface area contributed by atoms with Gasteiger partial charge in [0.25, 0.3) is 0 Å². The van der Waals surface area contributed by atoms with Crippen LogP contribution in [-0.2, 0) is 19.0 Å². The van der Waals surface area contributed by atoms with E-state index in [0.717, 1.165) is 0 Å². The highest BCUT2D eigenvalue weighted by Gasteiger charge is 2.50. The Hall–Kier alpha value is -1.45. The number of alkyl halides is 3. The molecule has 2 aliphatic rings. The van der Waals surface area contributed by atoms with Crippen molar-refractivity contribution in [3.63, 3.8) is 0 Å². The first-order chi connectivity index (χ1) is 11.7. The molecule has 150 valence electrons. The fourth-order valence-corrected chi connectivity index (χ4v) is 3.89. The molecule has 1 saturated heterocycles. The second kappa shape index (κ2) is 6.94. The SMILES string of the molecule is CCC1=C(OS(=O)(=O)C(F)(F)F)CC2CCC(C1)N2C(=O)OC(C)(C)C. The Bertz CT molecular complexity index is 694. The van der Waals surface area contributed by atoms with Crippen LogP contribution in [0.15, 0.2) is 11.3 Å². The molecule has 2 atom stereocenters. The predicted octanol–water partition coefficient (Wildman–Crippen LogP) is 4.08. The molecule has 0 aromatic rings. The van der Waals surface area contributed by atoms with Crippen LogP contribution >= 0.6 is 0 Å². The second-order valence-electron chi connectivity index (χ2n) is 7.54. The summed E-state index contributed by atoms with van der Waals surface area (Å²) in [5.41, 5.74) is -5.71. The fourth-order valence-electron chi connectivity index (χ4n) is 3.35. The number of carbonyl (C=O) groups excluding carboxylic acids is 1. The van der Waals surface area contributed by atoms with Crippen LogP contribution in [0.4, 0.5) is 18.0 Å². The average molecular weight is 399 g/mol. The van der Waals surface area contributed by atoms with Crippen LogP contribution in [0.3, 0.4) is 0 Å². The summed E-state index contributed by atoms with van der Waals surface area (Å²) >= 11 is 0. The minimum atomic E-state index is -5.73. The van der Waals surface area contributed by atoms with E-state index in [-0.39, 0.29) is 24.6 Å². The van der Waals surface area contributed by atoms with E-state index in [2.05, 4.69) is 4.18 Å². The summed E-state index contributed by atoms with van der Waals surface area (Å²) in [5, 5.41) is 0. The van der Waals surface area contributed by atoms with E-state index in [1.807, 2.05) is 0 Å². The van der Waals surface area contributed by atoms with Gasteiger partial charge in [-0.05, 0) is 52.0 Å². The topological polar surface area (TPSA) is 72.9 Å². The molecule has 2 bridgehead atoms. The van der Waals surface area contributed by atoms with Gasteiger partial charge in [0.05, 0.1) is 0 Å². The molecule has 6 nitrogen and oxygen atoms in total. The van der Waals surface area contributed by atoms with Crippen molar-refractivity contribution in [3.8, 4) is 0 Å². The second-order valence-corrected chi connectivity index (χ2v) is 9.08. The molecule has 1 amide bonds. The Morgan fingerprint density at radius 2 is 1.69 bits per heavy atom. The summed E-state index contributed by atoms with van der Waals surface area (Å²) < 4.78 is 70.7. The van der Waals surface area contributed by atoms with Crippen LogP contribution in [0.25, 0.3) is 0 Å².